The lowest BCUT2D eigenvalue weighted by Crippen LogP contribution is -2.54. The van der Waals surface area contributed by atoms with E-state index in [1.54, 1.807) is 13.3 Å². The Morgan fingerprint density at radius 3 is 2.70 bits per heavy atom. The van der Waals surface area contributed by atoms with Crippen molar-refractivity contribution in [2.45, 2.75) is 51.3 Å². The number of pyridine rings is 1. The van der Waals surface area contributed by atoms with Crippen molar-refractivity contribution in [3.63, 3.8) is 0 Å². The maximum Gasteiger partial charge on any atom is 0.326 e. The topological polar surface area (TPSA) is 97.8 Å². The number of aromatic amines is 1. The number of methoxy groups -OCH3 is 1. The number of nitrogens with zero attached hydrogens (tertiary/aromatic N) is 5. The fourth-order valence-electron chi connectivity index (χ4n) is 5.69. The highest BCUT2D eigenvalue weighted by molar-refractivity contribution is 5.94. The maximum absolute atomic E-state index is 14.0. The van der Waals surface area contributed by atoms with Gasteiger partial charge in [0.25, 0.3) is 0 Å². The summed E-state index contributed by atoms with van der Waals surface area (Å²) < 4.78 is 5.43. The SMILES string of the molecule is CCc1nc(N2CC3(CCN(CC(C)O)CC3)N(Cc3cccc(OC)c3)C2=O)ccc1-c1cn[nH]c1. The van der Waals surface area contributed by atoms with Crippen LogP contribution in [-0.4, -0.2) is 81.1 Å². The third kappa shape index (κ3) is 5.06. The first kappa shape index (κ1) is 25.2. The van der Waals surface area contributed by atoms with Gasteiger partial charge in [-0.3, -0.25) is 10.00 Å². The molecule has 4 heterocycles. The number of benzene rings is 1. The van der Waals surface area contributed by atoms with Gasteiger partial charge in [-0.2, -0.15) is 5.10 Å². The molecule has 37 heavy (non-hydrogen) atoms. The highest BCUT2D eigenvalue weighted by Gasteiger charge is 2.51. The molecule has 0 aliphatic carbocycles. The van der Waals surface area contributed by atoms with Crippen LogP contribution < -0.4 is 9.64 Å². The molecule has 2 saturated heterocycles. The van der Waals surface area contributed by atoms with E-state index in [1.807, 2.05) is 59.3 Å². The number of anilines is 1. The van der Waals surface area contributed by atoms with Gasteiger partial charge in [-0.15, -0.1) is 0 Å². The Labute approximate surface area is 218 Å². The minimum absolute atomic E-state index is 0.0163. The fourth-order valence-corrected chi connectivity index (χ4v) is 5.69. The molecule has 196 valence electrons. The van der Waals surface area contributed by atoms with E-state index in [2.05, 4.69) is 22.0 Å². The molecule has 2 fully saturated rings. The molecule has 2 aromatic heterocycles. The number of H-pyrrole nitrogens is 1. The van der Waals surface area contributed by atoms with E-state index in [-0.39, 0.29) is 17.7 Å². The summed E-state index contributed by atoms with van der Waals surface area (Å²) in [6.45, 7) is 7.35. The Hall–Kier alpha value is -3.43. The lowest BCUT2D eigenvalue weighted by atomic mass is 9.86. The Kier molecular flexibility index (Phi) is 7.17. The number of urea groups is 1. The van der Waals surface area contributed by atoms with Gasteiger partial charge in [0.1, 0.15) is 11.6 Å². The molecular weight excluding hydrogens is 468 g/mol. The lowest BCUT2D eigenvalue weighted by Gasteiger charge is -2.44. The molecule has 1 aromatic carbocycles. The zero-order valence-corrected chi connectivity index (χ0v) is 21.9. The normalized spacial score (nSPS) is 18.5. The summed E-state index contributed by atoms with van der Waals surface area (Å²) in [6, 6.07) is 11.9. The minimum atomic E-state index is -0.367. The third-order valence-corrected chi connectivity index (χ3v) is 7.65. The van der Waals surface area contributed by atoms with E-state index >= 15 is 0 Å². The quantitative estimate of drug-likeness (QED) is 0.486. The van der Waals surface area contributed by atoms with Gasteiger partial charge in [0.15, 0.2) is 0 Å². The minimum Gasteiger partial charge on any atom is -0.497 e. The van der Waals surface area contributed by atoms with Crippen LogP contribution in [0.3, 0.4) is 0 Å². The first-order chi connectivity index (χ1) is 17.9. The number of nitrogens with one attached hydrogen (secondary N) is 1. The first-order valence-corrected chi connectivity index (χ1v) is 13.0. The van der Waals surface area contributed by atoms with Crippen molar-refractivity contribution < 1.29 is 14.6 Å². The third-order valence-electron chi connectivity index (χ3n) is 7.65. The number of aryl methyl sites for hydroxylation is 1. The zero-order chi connectivity index (χ0) is 26.0. The number of aromatic nitrogens is 3. The number of carbonyl (C=O) groups is 1. The average molecular weight is 505 g/mol. The van der Waals surface area contributed by atoms with Crippen LogP contribution in [-0.2, 0) is 13.0 Å². The van der Waals surface area contributed by atoms with Crippen LogP contribution in [0, 0.1) is 0 Å². The van der Waals surface area contributed by atoms with E-state index in [1.165, 1.54) is 0 Å². The van der Waals surface area contributed by atoms with Gasteiger partial charge in [-0.1, -0.05) is 19.1 Å². The summed E-state index contributed by atoms with van der Waals surface area (Å²) in [6.07, 6.45) is 5.74. The lowest BCUT2D eigenvalue weighted by molar-refractivity contribution is 0.0488. The Morgan fingerprint density at radius 2 is 2.03 bits per heavy atom. The largest absolute Gasteiger partial charge is 0.497 e. The van der Waals surface area contributed by atoms with Crippen molar-refractivity contribution in [1.82, 2.24) is 25.0 Å². The molecule has 2 aliphatic rings. The van der Waals surface area contributed by atoms with E-state index in [0.717, 1.165) is 60.5 Å². The van der Waals surface area contributed by atoms with Gasteiger partial charge >= 0.3 is 6.03 Å². The zero-order valence-electron chi connectivity index (χ0n) is 21.9. The number of ether oxygens (including phenoxy) is 1. The van der Waals surface area contributed by atoms with Gasteiger partial charge < -0.3 is 19.6 Å². The van der Waals surface area contributed by atoms with Gasteiger partial charge in [0, 0.05) is 43.5 Å². The molecule has 1 atom stereocenters. The molecule has 0 radical (unpaired) electrons. The highest BCUT2D eigenvalue weighted by atomic mass is 16.5. The van der Waals surface area contributed by atoms with Crippen molar-refractivity contribution in [3.05, 3.63) is 60.0 Å². The highest BCUT2D eigenvalue weighted by Crippen LogP contribution is 2.39. The van der Waals surface area contributed by atoms with Gasteiger partial charge in [0.2, 0.25) is 0 Å². The summed E-state index contributed by atoms with van der Waals surface area (Å²) in [5, 5.41) is 16.8. The molecule has 3 aromatic rings. The molecule has 9 nitrogen and oxygen atoms in total. The predicted molar refractivity (Wildman–Crippen MR) is 143 cm³/mol. The molecule has 5 rings (SSSR count). The van der Waals surface area contributed by atoms with Crippen LogP contribution in [0.1, 0.15) is 37.9 Å². The monoisotopic (exact) mass is 504 g/mol. The Bertz CT molecular complexity index is 1220. The van der Waals surface area contributed by atoms with E-state index in [0.29, 0.717) is 25.5 Å². The van der Waals surface area contributed by atoms with Crippen molar-refractivity contribution in [2.24, 2.45) is 0 Å². The predicted octanol–water partition coefficient (Wildman–Crippen LogP) is 3.70. The van der Waals surface area contributed by atoms with Crippen molar-refractivity contribution >= 4 is 11.8 Å². The van der Waals surface area contributed by atoms with Crippen molar-refractivity contribution in [3.8, 4) is 16.9 Å². The van der Waals surface area contributed by atoms with E-state index in [4.69, 9.17) is 9.72 Å². The standard InChI is InChI=1S/C28H36N6O3/c1-4-25-24(22-15-29-30-16-22)8-9-26(31-25)33-19-28(10-12-32(13-11-28)17-20(2)35)34(27(33)36)18-21-6-5-7-23(14-21)37-3/h5-9,14-16,20,35H,4,10-13,17-19H2,1-3H3,(H,29,30). The van der Waals surface area contributed by atoms with Gasteiger partial charge in [0.05, 0.1) is 37.2 Å². The van der Waals surface area contributed by atoms with Gasteiger partial charge in [-0.05, 0) is 56.0 Å². The molecule has 0 bridgehead atoms. The summed E-state index contributed by atoms with van der Waals surface area (Å²) in [4.78, 5) is 25.2. The van der Waals surface area contributed by atoms with E-state index < -0.39 is 0 Å². The summed E-state index contributed by atoms with van der Waals surface area (Å²) >= 11 is 0. The molecule has 0 saturated carbocycles. The Morgan fingerprint density at radius 1 is 1.22 bits per heavy atom. The number of rotatable bonds is 8. The molecule has 2 aliphatic heterocycles. The molecule has 2 amide bonds. The fraction of sp³-hybridized carbons (Fsp3) is 0.464. The number of amides is 2. The second-order valence-electron chi connectivity index (χ2n) is 10.2. The van der Waals surface area contributed by atoms with Crippen LogP contribution >= 0.6 is 0 Å². The number of aliphatic hydroxyl groups is 1. The summed E-state index contributed by atoms with van der Waals surface area (Å²) in [5.41, 5.74) is 3.70. The van der Waals surface area contributed by atoms with Gasteiger partial charge in [-0.25, -0.2) is 9.78 Å². The maximum atomic E-state index is 14.0. The van der Waals surface area contributed by atoms with Crippen LogP contribution in [0.4, 0.5) is 10.6 Å². The van der Waals surface area contributed by atoms with Crippen LogP contribution in [0.5, 0.6) is 5.75 Å². The van der Waals surface area contributed by atoms with Crippen LogP contribution in [0.2, 0.25) is 0 Å². The number of likely N-dealkylation sites (tertiary alicyclic amines) is 1. The van der Waals surface area contributed by atoms with Crippen LogP contribution in [0.15, 0.2) is 48.8 Å². The molecule has 1 unspecified atom stereocenters. The molecule has 1 spiro atoms. The number of hydrogen-bond acceptors (Lipinski definition) is 6. The first-order valence-electron chi connectivity index (χ1n) is 13.0. The average Bonchev–Trinajstić information content (AvgIpc) is 3.53. The molecule has 2 N–H and O–H groups in total. The summed E-state index contributed by atoms with van der Waals surface area (Å²) in [5.74, 6) is 1.47. The van der Waals surface area contributed by atoms with E-state index in [9.17, 15) is 9.90 Å². The number of hydrogen-bond donors (Lipinski definition) is 2. The number of piperidine rings is 1. The second-order valence-corrected chi connectivity index (χ2v) is 10.2. The number of β-amino-alcohol motifs (C(OH)–C–C–N with tert-alkyl or cyclic N) is 1. The van der Waals surface area contributed by atoms with Crippen molar-refractivity contribution in [1.29, 1.82) is 0 Å². The Balaban J connectivity index is 1.46. The van der Waals surface area contributed by atoms with Crippen molar-refractivity contribution in [2.75, 3.05) is 38.2 Å². The smallest absolute Gasteiger partial charge is 0.326 e. The van der Waals surface area contributed by atoms with Crippen LogP contribution in [0.25, 0.3) is 11.1 Å². The number of carbonyl (C=O) groups excluding carboxylic acids is 1. The second kappa shape index (κ2) is 10.5. The number of aliphatic hydroxyl groups excluding tert-OH is 1. The summed E-state index contributed by atoms with van der Waals surface area (Å²) in [7, 11) is 1.66. The molecular formula is C28H36N6O3. The molecule has 9 heteroatoms.